The summed E-state index contributed by atoms with van der Waals surface area (Å²) in [6.45, 7) is 0.802. The van der Waals surface area contributed by atoms with Crippen molar-refractivity contribution in [1.82, 2.24) is 5.32 Å². The van der Waals surface area contributed by atoms with E-state index in [9.17, 15) is 4.79 Å². The van der Waals surface area contributed by atoms with Gasteiger partial charge < -0.3 is 24.8 Å². The minimum atomic E-state index is -0.324. The Kier molecular flexibility index (Phi) is 6.41. The Morgan fingerprint density at radius 2 is 1.74 bits per heavy atom. The van der Waals surface area contributed by atoms with E-state index in [2.05, 4.69) is 22.8 Å². The van der Waals surface area contributed by atoms with Gasteiger partial charge >= 0.3 is 6.03 Å². The summed E-state index contributed by atoms with van der Waals surface area (Å²) in [5.74, 6) is 2.06. The molecule has 6 heteroatoms. The SMILES string of the molecule is COc1ccc(OC)c(NC(=O)NCCOc2ccc3c(c2)CCCC3)c1. The van der Waals surface area contributed by atoms with E-state index in [-0.39, 0.29) is 6.03 Å². The third-order valence-corrected chi connectivity index (χ3v) is 4.63. The largest absolute Gasteiger partial charge is 0.497 e. The number of benzene rings is 2. The van der Waals surface area contributed by atoms with Crippen molar-refractivity contribution in [2.24, 2.45) is 0 Å². The minimum Gasteiger partial charge on any atom is -0.497 e. The predicted molar refractivity (Wildman–Crippen MR) is 105 cm³/mol. The van der Waals surface area contributed by atoms with Gasteiger partial charge in [0.15, 0.2) is 0 Å². The number of amides is 2. The van der Waals surface area contributed by atoms with Gasteiger partial charge in [-0.05, 0) is 61.1 Å². The summed E-state index contributed by atoms with van der Waals surface area (Å²) >= 11 is 0. The van der Waals surface area contributed by atoms with Gasteiger partial charge in [-0.25, -0.2) is 4.79 Å². The summed E-state index contributed by atoms with van der Waals surface area (Å²) in [4.78, 5) is 12.1. The molecule has 0 atom stereocenters. The molecule has 1 aliphatic rings. The molecule has 0 bridgehead atoms. The topological polar surface area (TPSA) is 68.8 Å². The van der Waals surface area contributed by atoms with Crippen LogP contribution in [-0.2, 0) is 12.8 Å². The Balaban J connectivity index is 1.46. The Hall–Kier alpha value is -2.89. The summed E-state index contributed by atoms with van der Waals surface area (Å²) in [6, 6.07) is 11.2. The number of aryl methyl sites for hydroxylation is 2. The molecule has 2 aromatic carbocycles. The Morgan fingerprint density at radius 1 is 0.963 bits per heavy atom. The fourth-order valence-corrected chi connectivity index (χ4v) is 3.21. The van der Waals surface area contributed by atoms with Crippen molar-refractivity contribution in [2.45, 2.75) is 25.7 Å². The molecule has 2 N–H and O–H groups in total. The summed E-state index contributed by atoms with van der Waals surface area (Å²) in [5.41, 5.74) is 3.36. The summed E-state index contributed by atoms with van der Waals surface area (Å²) in [5, 5.41) is 5.55. The maximum atomic E-state index is 12.1. The van der Waals surface area contributed by atoms with E-state index in [0.29, 0.717) is 30.3 Å². The molecule has 0 saturated carbocycles. The predicted octanol–water partition coefficient (Wildman–Crippen LogP) is 3.78. The second kappa shape index (κ2) is 9.16. The first-order valence-corrected chi connectivity index (χ1v) is 9.21. The van der Waals surface area contributed by atoms with Gasteiger partial charge in [-0.2, -0.15) is 0 Å². The van der Waals surface area contributed by atoms with Gasteiger partial charge in [0.1, 0.15) is 23.9 Å². The van der Waals surface area contributed by atoms with E-state index in [1.165, 1.54) is 24.0 Å². The molecular formula is C21H26N2O4. The second-order valence-corrected chi connectivity index (χ2v) is 6.43. The number of methoxy groups -OCH3 is 2. The van der Waals surface area contributed by atoms with Gasteiger partial charge in [-0.3, -0.25) is 0 Å². The molecule has 0 fully saturated rings. The van der Waals surface area contributed by atoms with Crippen LogP contribution >= 0.6 is 0 Å². The van der Waals surface area contributed by atoms with Crippen molar-refractivity contribution in [3.05, 3.63) is 47.5 Å². The van der Waals surface area contributed by atoms with Gasteiger partial charge in [-0.15, -0.1) is 0 Å². The number of urea groups is 1. The highest BCUT2D eigenvalue weighted by Crippen LogP contribution is 2.28. The molecule has 2 aromatic rings. The van der Waals surface area contributed by atoms with Crippen LogP contribution in [0.25, 0.3) is 0 Å². The molecule has 0 heterocycles. The summed E-state index contributed by atoms with van der Waals surface area (Å²) in [7, 11) is 3.13. The number of rotatable bonds is 7. The third-order valence-electron chi connectivity index (χ3n) is 4.63. The van der Waals surface area contributed by atoms with Crippen LogP contribution in [0.4, 0.5) is 10.5 Å². The molecule has 27 heavy (non-hydrogen) atoms. The van der Waals surface area contributed by atoms with Crippen molar-refractivity contribution in [1.29, 1.82) is 0 Å². The van der Waals surface area contributed by atoms with Gasteiger partial charge in [-0.1, -0.05) is 6.07 Å². The molecule has 0 unspecified atom stereocenters. The van der Waals surface area contributed by atoms with Crippen LogP contribution in [-0.4, -0.2) is 33.4 Å². The van der Waals surface area contributed by atoms with Crippen LogP contribution in [0.1, 0.15) is 24.0 Å². The number of hydrogen-bond donors (Lipinski definition) is 2. The van der Waals surface area contributed by atoms with Crippen molar-refractivity contribution in [3.8, 4) is 17.2 Å². The van der Waals surface area contributed by atoms with E-state index in [4.69, 9.17) is 14.2 Å². The lowest BCUT2D eigenvalue weighted by atomic mass is 9.92. The highest BCUT2D eigenvalue weighted by molar-refractivity contribution is 5.91. The quantitative estimate of drug-likeness (QED) is 0.728. The minimum absolute atomic E-state index is 0.324. The molecule has 3 rings (SSSR count). The fourth-order valence-electron chi connectivity index (χ4n) is 3.21. The lowest BCUT2D eigenvalue weighted by Crippen LogP contribution is -2.32. The molecule has 6 nitrogen and oxygen atoms in total. The van der Waals surface area contributed by atoms with Gasteiger partial charge in [0.05, 0.1) is 26.5 Å². The van der Waals surface area contributed by atoms with Crippen LogP contribution in [0, 0.1) is 0 Å². The third kappa shape index (κ3) is 5.06. The number of ether oxygens (including phenoxy) is 3. The molecule has 2 amide bonds. The van der Waals surface area contributed by atoms with Crippen LogP contribution in [0.2, 0.25) is 0 Å². The van der Waals surface area contributed by atoms with E-state index >= 15 is 0 Å². The zero-order chi connectivity index (χ0) is 19.1. The van der Waals surface area contributed by atoms with E-state index < -0.39 is 0 Å². The molecule has 1 aliphatic carbocycles. The molecule has 0 aromatic heterocycles. The van der Waals surface area contributed by atoms with Crippen molar-refractivity contribution in [2.75, 3.05) is 32.7 Å². The van der Waals surface area contributed by atoms with Crippen LogP contribution in [0.5, 0.6) is 17.2 Å². The van der Waals surface area contributed by atoms with Crippen LogP contribution in [0.3, 0.4) is 0 Å². The molecular weight excluding hydrogens is 344 g/mol. The lowest BCUT2D eigenvalue weighted by molar-refractivity contribution is 0.247. The lowest BCUT2D eigenvalue weighted by Gasteiger charge is -2.17. The number of carbonyl (C=O) groups excluding carboxylic acids is 1. The van der Waals surface area contributed by atoms with Crippen molar-refractivity contribution < 1.29 is 19.0 Å². The number of carbonyl (C=O) groups is 1. The zero-order valence-electron chi connectivity index (χ0n) is 15.8. The summed E-state index contributed by atoms with van der Waals surface area (Å²) in [6.07, 6.45) is 4.79. The summed E-state index contributed by atoms with van der Waals surface area (Å²) < 4.78 is 16.2. The van der Waals surface area contributed by atoms with Crippen molar-refractivity contribution in [3.63, 3.8) is 0 Å². The first-order chi connectivity index (χ1) is 13.2. The fraction of sp³-hybridized carbons (Fsp3) is 0.381. The molecule has 0 radical (unpaired) electrons. The van der Waals surface area contributed by atoms with Gasteiger partial charge in [0.2, 0.25) is 0 Å². The maximum Gasteiger partial charge on any atom is 0.319 e. The molecule has 0 spiro atoms. The number of hydrogen-bond acceptors (Lipinski definition) is 4. The molecule has 0 aliphatic heterocycles. The molecule has 0 saturated heterocycles. The number of anilines is 1. The first-order valence-electron chi connectivity index (χ1n) is 9.21. The smallest absolute Gasteiger partial charge is 0.319 e. The van der Waals surface area contributed by atoms with E-state index in [1.807, 2.05) is 6.07 Å². The number of nitrogens with one attached hydrogen (secondary N) is 2. The maximum absolute atomic E-state index is 12.1. The van der Waals surface area contributed by atoms with Crippen LogP contribution < -0.4 is 24.8 Å². The number of fused-ring (bicyclic) bond motifs is 1. The average molecular weight is 370 g/mol. The Labute approximate surface area is 159 Å². The second-order valence-electron chi connectivity index (χ2n) is 6.43. The standard InChI is InChI=1S/C21H26N2O4/c1-25-17-9-10-20(26-2)19(14-17)23-21(24)22-11-12-27-18-8-7-15-5-3-4-6-16(15)13-18/h7-10,13-14H,3-6,11-12H2,1-2H3,(H2,22,23,24). The zero-order valence-corrected chi connectivity index (χ0v) is 15.8. The average Bonchev–Trinajstić information content (AvgIpc) is 2.71. The van der Waals surface area contributed by atoms with Gasteiger partial charge in [0.25, 0.3) is 0 Å². The first kappa shape index (κ1) is 18.9. The van der Waals surface area contributed by atoms with Crippen molar-refractivity contribution >= 4 is 11.7 Å². The normalized spacial score (nSPS) is 12.7. The molecule has 144 valence electrons. The Morgan fingerprint density at radius 3 is 2.52 bits per heavy atom. The Bertz CT molecular complexity index is 792. The van der Waals surface area contributed by atoms with Gasteiger partial charge in [0, 0.05) is 6.07 Å². The monoisotopic (exact) mass is 370 g/mol. The highest BCUT2D eigenvalue weighted by Gasteiger charge is 2.11. The van der Waals surface area contributed by atoms with E-state index in [0.717, 1.165) is 18.6 Å². The highest BCUT2D eigenvalue weighted by atomic mass is 16.5. The van der Waals surface area contributed by atoms with Crippen LogP contribution in [0.15, 0.2) is 36.4 Å². The van der Waals surface area contributed by atoms with E-state index in [1.54, 1.807) is 32.4 Å².